The summed E-state index contributed by atoms with van der Waals surface area (Å²) in [7, 11) is 3.13. The Labute approximate surface area is 233 Å². The molecular weight excluding hydrogens is 548 g/mol. The van der Waals surface area contributed by atoms with Crippen molar-refractivity contribution in [1.29, 1.82) is 0 Å². The fraction of sp³-hybridized carbons (Fsp3) is 0.379. The van der Waals surface area contributed by atoms with E-state index < -0.39 is 0 Å². The van der Waals surface area contributed by atoms with Crippen LogP contribution in [0.1, 0.15) is 31.0 Å². The molecule has 0 aliphatic carbocycles. The molecule has 0 saturated heterocycles. The van der Waals surface area contributed by atoms with Crippen molar-refractivity contribution >= 4 is 33.6 Å². The first-order chi connectivity index (χ1) is 18.4. The van der Waals surface area contributed by atoms with E-state index in [1.807, 2.05) is 47.5 Å². The van der Waals surface area contributed by atoms with E-state index in [-0.39, 0.29) is 25.0 Å². The normalized spacial score (nSPS) is 10.7. The fourth-order valence-electron chi connectivity index (χ4n) is 4.03. The van der Waals surface area contributed by atoms with Gasteiger partial charge in [-0.3, -0.25) is 4.79 Å². The third-order valence-corrected chi connectivity index (χ3v) is 6.73. The first-order valence-electron chi connectivity index (χ1n) is 12.8. The second kappa shape index (κ2) is 15.2. The number of para-hydroxylation sites is 2. The van der Waals surface area contributed by atoms with E-state index in [1.165, 1.54) is 10.5 Å². The lowest BCUT2D eigenvalue weighted by Crippen LogP contribution is -2.46. The smallest absolute Gasteiger partial charge is 0.322 e. The molecule has 0 aliphatic rings. The van der Waals surface area contributed by atoms with E-state index in [1.54, 1.807) is 26.4 Å². The summed E-state index contributed by atoms with van der Waals surface area (Å²) in [5, 5.41) is 2.87. The van der Waals surface area contributed by atoms with Gasteiger partial charge in [0.2, 0.25) is 5.91 Å². The first-order valence-corrected chi connectivity index (χ1v) is 13.6. The Bertz CT molecular complexity index is 1170. The minimum atomic E-state index is -0.381. The number of hydrogen-bond donors (Lipinski definition) is 1. The molecular formula is C29H37BrN4O4. The lowest BCUT2D eigenvalue weighted by Gasteiger charge is -2.28. The van der Waals surface area contributed by atoms with Gasteiger partial charge in [0.05, 0.1) is 25.9 Å². The van der Waals surface area contributed by atoms with Crippen LogP contribution in [0.5, 0.6) is 5.75 Å². The minimum Gasteiger partial charge on any atom is -0.495 e. The number of halogens is 1. The van der Waals surface area contributed by atoms with Gasteiger partial charge < -0.3 is 29.2 Å². The number of anilines is 1. The van der Waals surface area contributed by atoms with Crippen LogP contribution in [0.4, 0.5) is 10.5 Å². The van der Waals surface area contributed by atoms with Gasteiger partial charge in [0.15, 0.2) is 0 Å². The van der Waals surface area contributed by atoms with Crippen LogP contribution in [-0.4, -0.2) is 66.8 Å². The molecule has 8 nitrogen and oxygen atoms in total. The lowest BCUT2D eigenvalue weighted by molar-refractivity contribution is -0.132. The molecule has 0 radical (unpaired) electrons. The van der Waals surface area contributed by atoms with Crippen molar-refractivity contribution in [2.24, 2.45) is 0 Å². The molecule has 3 rings (SSSR count). The number of nitrogens with zero attached hydrogens (tertiary/aromatic N) is 3. The van der Waals surface area contributed by atoms with Gasteiger partial charge in [-0.2, -0.15) is 0 Å². The molecule has 1 N–H and O–H groups in total. The van der Waals surface area contributed by atoms with Crippen LogP contribution >= 0.6 is 15.9 Å². The van der Waals surface area contributed by atoms with E-state index >= 15 is 0 Å². The summed E-state index contributed by atoms with van der Waals surface area (Å²) < 4.78 is 13.8. The van der Waals surface area contributed by atoms with Gasteiger partial charge in [0.25, 0.3) is 0 Å². The van der Waals surface area contributed by atoms with Crippen LogP contribution in [0, 0.1) is 0 Å². The highest BCUT2D eigenvalue weighted by molar-refractivity contribution is 9.10. The van der Waals surface area contributed by atoms with Crippen LogP contribution in [0.3, 0.4) is 0 Å². The number of methoxy groups -OCH3 is 2. The quantitative estimate of drug-likeness (QED) is 0.267. The van der Waals surface area contributed by atoms with Gasteiger partial charge >= 0.3 is 6.03 Å². The molecule has 38 heavy (non-hydrogen) atoms. The SMILES string of the molecule is CCCCN(Cc1cccn1Cc1ccc(Br)cc1)C(=O)CN(CCOC)C(=O)Nc1ccccc1OC. The van der Waals surface area contributed by atoms with Crippen LogP contribution in [-0.2, 0) is 22.6 Å². The highest BCUT2D eigenvalue weighted by atomic mass is 79.9. The Hall–Kier alpha value is -3.30. The third-order valence-electron chi connectivity index (χ3n) is 6.20. The van der Waals surface area contributed by atoms with E-state index in [0.29, 0.717) is 37.7 Å². The number of ether oxygens (including phenoxy) is 2. The predicted molar refractivity (Wildman–Crippen MR) is 153 cm³/mol. The summed E-state index contributed by atoms with van der Waals surface area (Å²) in [6.45, 7) is 4.45. The number of benzene rings is 2. The Kier molecular flexibility index (Phi) is 11.7. The maximum absolute atomic E-state index is 13.6. The van der Waals surface area contributed by atoms with E-state index in [4.69, 9.17) is 9.47 Å². The standard InChI is InChI=1S/C29H37BrN4O4/c1-4-5-16-33(21-25-9-8-17-32(25)20-23-12-14-24(30)15-13-23)28(35)22-34(18-19-37-2)29(36)31-26-10-6-7-11-27(26)38-3/h6-15,17H,4-5,16,18-22H2,1-3H3,(H,31,36). The number of amides is 3. The molecule has 1 aromatic heterocycles. The number of urea groups is 1. The van der Waals surface area contributed by atoms with Crippen molar-refractivity contribution in [3.05, 3.63) is 82.6 Å². The summed E-state index contributed by atoms with van der Waals surface area (Å²) in [6, 6.07) is 19.1. The van der Waals surface area contributed by atoms with Gasteiger partial charge in [0, 0.05) is 43.1 Å². The topological polar surface area (TPSA) is 76.0 Å². The third kappa shape index (κ3) is 8.63. The number of carbonyl (C=O) groups is 2. The van der Waals surface area contributed by atoms with Crippen molar-refractivity contribution in [3.63, 3.8) is 0 Å². The maximum Gasteiger partial charge on any atom is 0.322 e. The molecule has 0 spiro atoms. The molecule has 0 unspecified atom stereocenters. The average Bonchev–Trinajstić information content (AvgIpc) is 3.36. The fourth-order valence-corrected chi connectivity index (χ4v) is 4.29. The zero-order valence-corrected chi connectivity index (χ0v) is 23.9. The molecule has 1 heterocycles. The second-order valence-electron chi connectivity index (χ2n) is 8.97. The molecule has 3 amide bonds. The first kappa shape index (κ1) is 29.3. The Balaban J connectivity index is 1.73. The summed E-state index contributed by atoms with van der Waals surface area (Å²) in [4.78, 5) is 30.1. The molecule has 0 aliphatic heterocycles. The highest BCUT2D eigenvalue weighted by Gasteiger charge is 2.23. The van der Waals surface area contributed by atoms with E-state index in [9.17, 15) is 9.59 Å². The van der Waals surface area contributed by atoms with E-state index in [0.717, 1.165) is 23.0 Å². The second-order valence-corrected chi connectivity index (χ2v) is 9.88. The predicted octanol–water partition coefficient (Wildman–Crippen LogP) is 5.62. The molecule has 0 bridgehead atoms. The lowest BCUT2D eigenvalue weighted by atomic mass is 10.2. The molecule has 0 atom stereocenters. The summed E-state index contributed by atoms with van der Waals surface area (Å²) in [6.07, 6.45) is 3.88. The van der Waals surface area contributed by atoms with Crippen molar-refractivity contribution in [3.8, 4) is 5.75 Å². The van der Waals surface area contributed by atoms with Crippen LogP contribution < -0.4 is 10.1 Å². The number of rotatable bonds is 14. The van der Waals surface area contributed by atoms with Crippen LogP contribution in [0.25, 0.3) is 0 Å². The number of unbranched alkanes of at least 4 members (excludes halogenated alkanes) is 1. The molecule has 0 saturated carbocycles. The summed E-state index contributed by atoms with van der Waals surface area (Å²) in [5.74, 6) is 0.441. The average molecular weight is 586 g/mol. The van der Waals surface area contributed by atoms with Crippen molar-refractivity contribution in [2.75, 3.05) is 45.8 Å². The zero-order valence-electron chi connectivity index (χ0n) is 22.4. The monoisotopic (exact) mass is 584 g/mol. The van der Waals surface area contributed by atoms with Gasteiger partial charge in [-0.1, -0.05) is 53.5 Å². The van der Waals surface area contributed by atoms with Crippen molar-refractivity contribution < 1.29 is 19.1 Å². The Morgan fingerprint density at radius 3 is 2.45 bits per heavy atom. The number of carbonyl (C=O) groups excluding carboxylic acids is 2. The van der Waals surface area contributed by atoms with E-state index in [2.05, 4.69) is 44.9 Å². The van der Waals surface area contributed by atoms with Crippen LogP contribution in [0.2, 0.25) is 0 Å². The maximum atomic E-state index is 13.6. The van der Waals surface area contributed by atoms with Gasteiger partial charge in [0.1, 0.15) is 12.3 Å². The summed E-state index contributed by atoms with van der Waals surface area (Å²) in [5.41, 5.74) is 2.76. The van der Waals surface area contributed by atoms with Gasteiger partial charge in [-0.05, 0) is 48.4 Å². The van der Waals surface area contributed by atoms with Crippen molar-refractivity contribution in [1.82, 2.24) is 14.4 Å². The van der Waals surface area contributed by atoms with Gasteiger partial charge in [-0.25, -0.2) is 4.79 Å². The Morgan fingerprint density at radius 1 is 0.974 bits per heavy atom. The molecule has 9 heteroatoms. The Morgan fingerprint density at radius 2 is 1.74 bits per heavy atom. The molecule has 2 aromatic carbocycles. The molecule has 204 valence electrons. The van der Waals surface area contributed by atoms with Crippen LogP contribution in [0.15, 0.2) is 71.3 Å². The molecule has 3 aromatic rings. The summed E-state index contributed by atoms with van der Waals surface area (Å²) >= 11 is 3.48. The molecule has 0 fully saturated rings. The number of hydrogen-bond acceptors (Lipinski definition) is 4. The minimum absolute atomic E-state index is 0.0541. The van der Waals surface area contributed by atoms with Crippen molar-refractivity contribution in [2.45, 2.75) is 32.9 Å². The van der Waals surface area contributed by atoms with Gasteiger partial charge in [-0.15, -0.1) is 0 Å². The highest BCUT2D eigenvalue weighted by Crippen LogP contribution is 2.23. The number of aromatic nitrogens is 1. The zero-order chi connectivity index (χ0) is 27.3. The largest absolute Gasteiger partial charge is 0.495 e. The number of nitrogens with one attached hydrogen (secondary N) is 1.